The highest BCUT2D eigenvalue weighted by atomic mass is 16.1. The summed E-state index contributed by atoms with van der Waals surface area (Å²) in [6.07, 6.45) is 8.58. The Morgan fingerprint density at radius 1 is 1.03 bits per heavy atom. The number of rotatable bonds is 4. The van der Waals surface area contributed by atoms with E-state index in [4.69, 9.17) is 0 Å². The molecule has 0 bridgehead atoms. The first kappa shape index (κ1) is 17.5. The number of imidazole rings is 1. The zero-order chi connectivity index (χ0) is 19.6. The number of aromatic amines is 1. The van der Waals surface area contributed by atoms with E-state index in [-0.39, 0.29) is 5.56 Å². The van der Waals surface area contributed by atoms with Gasteiger partial charge in [0, 0.05) is 43.7 Å². The summed E-state index contributed by atoms with van der Waals surface area (Å²) in [5.74, 6) is 1.28. The third-order valence-corrected chi connectivity index (χ3v) is 5.39. The fourth-order valence-corrected chi connectivity index (χ4v) is 3.82. The maximum absolute atomic E-state index is 12.3. The SMILES string of the molecule is O=c1ccc(-c2ccncc2)nn1CC1CCN(c2ncnc3nc[nH]c23)CC1. The van der Waals surface area contributed by atoms with Crippen molar-refractivity contribution in [3.05, 3.63) is 59.7 Å². The molecule has 0 aliphatic carbocycles. The summed E-state index contributed by atoms with van der Waals surface area (Å²) in [4.78, 5) is 34.6. The predicted molar refractivity (Wildman–Crippen MR) is 108 cm³/mol. The van der Waals surface area contributed by atoms with Gasteiger partial charge in [0.25, 0.3) is 5.56 Å². The van der Waals surface area contributed by atoms with Crippen molar-refractivity contribution in [1.29, 1.82) is 0 Å². The maximum Gasteiger partial charge on any atom is 0.266 e. The third kappa shape index (κ3) is 3.46. The molecule has 1 N–H and O–H groups in total. The van der Waals surface area contributed by atoms with E-state index in [9.17, 15) is 4.79 Å². The molecule has 4 aromatic heterocycles. The van der Waals surface area contributed by atoms with Gasteiger partial charge >= 0.3 is 0 Å². The summed E-state index contributed by atoms with van der Waals surface area (Å²) in [5.41, 5.74) is 3.22. The Labute approximate surface area is 166 Å². The predicted octanol–water partition coefficient (Wildman–Crippen LogP) is 1.89. The molecule has 1 saturated heterocycles. The van der Waals surface area contributed by atoms with Crippen molar-refractivity contribution in [1.82, 2.24) is 34.7 Å². The molecule has 5 rings (SSSR count). The lowest BCUT2D eigenvalue weighted by molar-refractivity contribution is 0.335. The molecule has 1 aliphatic rings. The van der Waals surface area contributed by atoms with Crippen LogP contribution in [0.25, 0.3) is 22.4 Å². The number of hydrogen-bond acceptors (Lipinski definition) is 7. The number of piperidine rings is 1. The number of hydrogen-bond donors (Lipinski definition) is 1. The minimum atomic E-state index is -0.0693. The minimum Gasteiger partial charge on any atom is -0.355 e. The highest BCUT2D eigenvalue weighted by molar-refractivity contribution is 5.82. The van der Waals surface area contributed by atoms with Crippen molar-refractivity contribution in [2.24, 2.45) is 5.92 Å². The van der Waals surface area contributed by atoms with Gasteiger partial charge in [-0.15, -0.1) is 0 Å². The van der Waals surface area contributed by atoms with Gasteiger partial charge in [0.2, 0.25) is 0 Å². The first-order valence-corrected chi connectivity index (χ1v) is 9.65. The van der Waals surface area contributed by atoms with Crippen LogP contribution in [-0.4, -0.2) is 47.8 Å². The molecule has 4 aromatic rings. The van der Waals surface area contributed by atoms with Gasteiger partial charge in [-0.3, -0.25) is 9.78 Å². The molecule has 1 fully saturated rings. The maximum atomic E-state index is 12.3. The molecule has 1 aliphatic heterocycles. The molecular formula is C20H20N8O. The standard InChI is InChI=1S/C20H20N8O/c29-17-2-1-16(15-3-7-21-8-4-15)26-28(17)11-14-5-9-27(10-6-14)20-18-19(23-12-22-18)24-13-25-20/h1-4,7-8,12-14H,5-6,9-11H2,(H,22,23,24,25). The second-order valence-corrected chi connectivity index (χ2v) is 7.20. The van der Waals surface area contributed by atoms with Crippen molar-refractivity contribution in [3.8, 4) is 11.3 Å². The Kier molecular flexibility index (Phi) is 4.47. The van der Waals surface area contributed by atoms with Crippen LogP contribution in [0.15, 0.2) is 54.1 Å². The van der Waals surface area contributed by atoms with E-state index < -0.39 is 0 Å². The molecule has 9 nitrogen and oxygen atoms in total. The van der Waals surface area contributed by atoms with Crippen LogP contribution in [0.1, 0.15) is 12.8 Å². The van der Waals surface area contributed by atoms with Crippen molar-refractivity contribution < 1.29 is 0 Å². The molecule has 146 valence electrons. The summed E-state index contributed by atoms with van der Waals surface area (Å²) in [5, 5.41) is 4.58. The Bertz CT molecular complexity index is 1180. The molecule has 0 spiro atoms. The molecule has 0 amide bonds. The summed E-state index contributed by atoms with van der Waals surface area (Å²) in [6.45, 7) is 2.36. The Morgan fingerprint density at radius 2 is 1.86 bits per heavy atom. The lowest BCUT2D eigenvalue weighted by Crippen LogP contribution is -2.37. The van der Waals surface area contributed by atoms with Crippen LogP contribution < -0.4 is 10.5 Å². The van der Waals surface area contributed by atoms with E-state index in [0.717, 1.165) is 48.5 Å². The third-order valence-electron chi connectivity index (χ3n) is 5.39. The fourth-order valence-electron chi connectivity index (χ4n) is 3.82. The van der Waals surface area contributed by atoms with Crippen LogP contribution in [0.5, 0.6) is 0 Å². The van der Waals surface area contributed by atoms with Crippen LogP contribution in [0, 0.1) is 5.92 Å². The van der Waals surface area contributed by atoms with Crippen molar-refractivity contribution in [2.75, 3.05) is 18.0 Å². The first-order valence-electron chi connectivity index (χ1n) is 9.65. The van der Waals surface area contributed by atoms with Gasteiger partial charge in [0.15, 0.2) is 11.5 Å². The quantitative estimate of drug-likeness (QED) is 0.569. The number of aromatic nitrogens is 7. The number of fused-ring (bicyclic) bond motifs is 1. The van der Waals surface area contributed by atoms with E-state index in [1.54, 1.807) is 41.9 Å². The lowest BCUT2D eigenvalue weighted by atomic mass is 9.97. The summed E-state index contributed by atoms with van der Waals surface area (Å²) in [6, 6.07) is 7.15. The molecular weight excluding hydrogens is 368 g/mol. The smallest absolute Gasteiger partial charge is 0.266 e. The average Bonchev–Trinajstić information content (AvgIpc) is 3.26. The molecule has 0 atom stereocenters. The normalized spacial score (nSPS) is 15.1. The van der Waals surface area contributed by atoms with Gasteiger partial charge in [-0.25, -0.2) is 19.6 Å². The number of H-pyrrole nitrogens is 1. The summed E-state index contributed by atoms with van der Waals surface area (Å²) >= 11 is 0. The minimum absolute atomic E-state index is 0.0693. The van der Waals surface area contributed by atoms with Crippen molar-refractivity contribution in [3.63, 3.8) is 0 Å². The topological polar surface area (TPSA) is 105 Å². The van der Waals surface area contributed by atoms with E-state index in [1.165, 1.54) is 0 Å². The van der Waals surface area contributed by atoms with Crippen LogP contribution in [0.3, 0.4) is 0 Å². The van der Waals surface area contributed by atoms with Crippen LogP contribution in [0.2, 0.25) is 0 Å². The van der Waals surface area contributed by atoms with E-state index >= 15 is 0 Å². The molecule has 9 heteroatoms. The van der Waals surface area contributed by atoms with E-state index in [2.05, 4.69) is 34.9 Å². The Balaban J connectivity index is 1.30. The van der Waals surface area contributed by atoms with Crippen LogP contribution in [0.4, 0.5) is 5.82 Å². The fraction of sp³-hybridized carbons (Fsp3) is 0.300. The molecule has 5 heterocycles. The average molecular weight is 388 g/mol. The van der Waals surface area contributed by atoms with Gasteiger partial charge in [-0.2, -0.15) is 5.10 Å². The monoisotopic (exact) mass is 388 g/mol. The second-order valence-electron chi connectivity index (χ2n) is 7.20. The van der Waals surface area contributed by atoms with Gasteiger partial charge in [-0.1, -0.05) is 0 Å². The summed E-state index contributed by atoms with van der Waals surface area (Å²) in [7, 11) is 0. The second kappa shape index (κ2) is 7.42. The number of nitrogens with one attached hydrogen (secondary N) is 1. The van der Waals surface area contributed by atoms with Gasteiger partial charge in [-0.05, 0) is 37.0 Å². The van der Waals surface area contributed by atoms with E-state index in [1.807, 2.05) is 12.1 Å². The number of pyridine rings is 1. The van der Waals surface area contributed by atoms with Crippen molar-refractivity contribution >= 4 is 17.0 Å². The zero-order valence-corrected chi connectivity index (χ0v) is 15.8. The van der Waals surface area contributed by atoms with Crippen molar-refractivity contribution in [2.45, 2.75) is 19.4 Å². The molecule has 0 radical (unpaired) electrons. The summed E-state index contributed by atoms with van der Waals surface area (Å²) < 4.78 is 1.59. The Morgan fingerprint density at radius 3 is 2.69 bits per heavy atom. The van der Waals surface area contributed by atoms with Gasteiger partial charge < -0.3 is 9.88 Å². The van der Waals surface area contributed by atoms with Gasteiger partial charge in [0.05, 0.1) is 12.0 Å². The zero-order valence-electron chi connectivity index (χ0n) is 15.8. The highest BCUT2D eigenvalue weighted by Gasteiger charge is 2.23. The largest absolute Gasteiger partial charge is 0.355 e. The molecule has 0 aromatic carbocycles. The first-order chi connectivity index (χ1) is 14.3. The lowest BCUT2D eigenvalue weighted by Gasteiger charge is -2.32. The van der Waals surface area contributed by atoms with Crippen LogP contribution >= 0.6 is 0 Å². The van der Waals surface area contributed by atoms with Crippen LogP contribution in [-0.2, 0) is 6.54 Å². The molecule has 29 heavy (non-hydrogen) atoms. The number of anilines is 1. The highest BCUT2D eigenvalue weighted by Crippen LogP contribution is 2.26. The van der Waals surface area contributed by atoms with E-state index in [0.29, 0.717) is 18.1 Å². The Hall–Kier alpha value is -3.62. The van der Waals surface area contributed by atoms with Gasteiger partial charge in [0.1, 0.15) is 11.8 Å². The molecule has 0 saturated carbocycles. The number of nitrogens with zero attached hydrogens (tertiary/aromatic N) is 7. The molecule has 0 unspecified atom stereocenters.